The average molecular weight is 224 g/mol. The normalized spacial score (nSPS) is 9.69. The van der Waals surface area contributed by atoms with E-state index >= 15 is 0 Å². The number of hydrogen-bond donors (Lipinski definition) is 2. The summed E-state index contributed by atoms with van der Waals surface area (Å²) in [5.41, 5.74) is 0.344. The minimum atomic E-state index is -0.593. The van der Waals surface area contributed by atoms with Crippen LogP contribution in [-0.2, 0) is 4.79 Å². The minimum Gasteiger partial charge on any atom is -0.358 e. The lowest BCUT2D eigenvalue weighted by molar-refractivity contribution is -0.119. The van der Waals surface area contributed by atoms with Gasteiger partial charge in [-0.2, -0.15) is 0 Å². The van der Waals surface area contributed by atoms with Crippen LogP contribution in [0.15, 0.2) is 18.2 Å². The Labute approximate surface area is 92.8 Å². The maximum atomic E-state index is 13.5. The lowest BCUT2D eigenvalue weighted by Crippen LogP contribution is -2.35. The van der Waals surface area contributed by atoms with Gasteiger partial charge < -0.3 is 10.6 Å². The Morgan fingerprint density at radius 2 is 2.06 bits per heavy atom. The largest absolute Gasteiger partial charge is 0.358 e. The molecule has 0 aliphatic heterocycles. The van der Waals surface area contributed by atoms with E-state index < -0.39 is 11.7 Å². The third kappa shape index (κ3) is 2.79. The van der Waals surface area contributed by atoms with Crippen LogP contribution in [0.1, 0.15) is 15.9 Å². The average Bonchev–Trinajstić information content (AvgIpc) is 2.29. The first-order valence-electron chi connectivity index (χ1n) is 4.80. The Bertz CT molecular complexity index is 418. The van der Waals surface area contributed by atoms with Crippen LogP contribution in [0.3, 0.4) is 0 Å². The smallest absolute Gasteiger partial charge is 0.254 e. The third-order valence-electron chi connectivity index (χ3n) is 2.12. The van der Waals surface area contributed by atoms with E-state index in [9.17, 15) is 14.0 Å². The van der Waals surface area contributed by atoms with Crippen molar-refractivity contribution < 1.29 is 14.0 Å². The van der Waals surface area contributed by atoms with Gasteiger partial charge in [0.2, 0.25) is 5.91 Å². The molecule has 0 unspecified atom stereocenters. The van der Waals surface area contributed by atoms with Crippen molar-refractivity contribution in [1.82, 2.24) is 10.6 Å². The summed E-state index contributed by atoms with van der Waals surface area (Å²) in [6, 6.07) is 4.54. The molecule has 0 heterocycles. The molecule has 0 atom stereocenters. The standard InChI is InChI=1S/C11H13FN2O2/c1-7-4-3-5-8(10(7)12)11(16)14-6-9(15)13-2/h3-5H,6H2,1-2H3,(H,13,15)(H,14,16). The lowest BCUT2D eigenvalue weighted by Gasteiger charge is -2.06. The zero-order valence-electron chi connectivity index (χ0n) is 9.13. The Morgan fingerprint density at radius 1 is 1.38 bits per heavy atom. The van der Waals surface area contributed by atoms with Crippen molar-refractivity contribution in [2.45, 2.75) is 6.92 Å². The Hall–Kier alpha value is -1.91. The molecule has 5 heteroatoms. The maximum absolute atomic E-state index is 13.5. The number of rotatable bonds is 3. The molecule has 2 N–H and O–H groups in total. The summed E-state index contributed by atoms with van der Waals surface area (Å²) in [5, 5.41) is 4.68. The zero-order valence-corrected chi connectivity index (χ0v) is 9.13. The van der Waals surface area contributed by atoms with Crippen molar-refractivity contribution in [3.05, 3.63) is 35.1 Å². The fourth-order valence-corrected chi connectivity index (χ4v) is 1.17. The van der Waals surface area contributed by atoms with Gasteiger partial charge in [0, 0.05) is 7.05 Å². The molecular weight excluding hydrogens is 211 g/mol. The van der Waals surface area contributed by atoms with Crippen molar-refractivity contribution in [1.29, 1.82) is 0 Å². The van der Waals surface area contributed by atoms with Gasteiger partial charge in [-0.1, -0.05) is 12.1 Å². The SMILES string of the molecule is CNC(=O)CNC(=O)c1cccc(C)c1F. The number of amides is 2. The minimum absolute atomic E-state index is 0.0519. The van der Waals surface area contributed by atoms with E-state index in [1.165, 1.54) is 13.1 Å². The second-order valence-electron chi connectivity index (χ2n) is 3.29. The van der Waals surface area contributed by atoms with Gasteiger partial charge in [-0.25, -0.2) is 4.39 Å². The van der Waals surface area contributed by atoms with Gasteiger partial charge in [-0.05, 0) is 18.6 Å². The first-order valence-corrected chi connectivity index (χ1v) is 4.80. The molecule has 1 aromatic carbocycles. The second kappa shape index (κ2) is 5.25. The highest BCUT2D eigenvalue weighted by molar-refractivity contribution is 5.96. The first kappa shape index (κ1) is 12.2. The maximum Gasteiger partial charge on any atom is 0.254 e. The van der Waals surface area contributed by atoms with Crippen molar-refractivity contribution in [2.75, 3.05) is 13.6 Å². The van der Waals surface area contributed by atoms with Crippen LogP contribution in [-0.4, -0.2) is 25.4 Å². The number of halogens is 1. The molecule has 0 bridgehead atoms. The molecule has 1 aromatic rings. The molecule has 0 saturated carbocycles. The summed E-state index contributed by atoms with van der Waals surface area (Å²) in [7, 11) is 1.46. The molecule has 0 aromatic heterocycles. The molecule has 0 spiro atoms. The molecule has 4 nitrogen and oxygen atoms in total. The van der Waals surface area contributed by atoms with Crippen LogP contribution in [0.2, 0.25) is 0 Å². The molecule has 0 fully saturated rings. The zero-order chi connectivity index (χ0) is 12.1. The van der Waals surface area contributed by atoms with Crippen molar-refractivity contribution in [2.24, 2.45) is 0 Å². The van der Waals surface area contributed by atoms with Gasteiger partial charge in [0.15, 0.2) is 0 Å². The summed E-state index contributed by atoms with van der Waals surface area (Å²) < 4.78 is 13.5. The van der Waals surface area contributed by atoms with E-state index in [-0.39, 0.29) is 18.0 Å². The van der Waals surface area contributed by atoms with Crippen LogP contribution in [0, 0.1) is 12.7 Å². The molecule has 0 radical (unpaired) electrons. The van der Waals surface area contributed by atoms with E-state index in [4.69, 9.17) is 0 Å². The quantitative estimate of drug-likeness (QED) is 0.790. The number of hydrogen-bond acceptors (Lipinski definition) is 2. The predicted molar refractivity (Wildman–Crippen MR) is 57.5 cm³/mol. The van der Waals surface area contributed by atoms with Crippen LogP contribution in [0.5, 0.6) is 0 Å². The molecular formula is C11H13FN2O2. The summed E-state index contributed by atoms with van der Waals surface area (Å²) in [6.07, 6.45) is 0. The summed E-state index contributed by atoms with van der Waals surface area (Å²) in [6.45, 7) is 1.41. The highest BCUT2D eigenvalue weighted by atomic mass is 19.1. The van der Waals surface area contributed by atoms with Crippen LogP contribution in [0.25, 0.3) is 0 Å². The summed E-state index contributed by atoms with van der Waals surface area (Å²) in [5.74, 6) is -1.48. The van der Waals surface area contributed by atoms with Crippen LogP contribution in [0.4, 0.5) is 4.39 Å². The number of benzene rings is 1. The molecule has 0 saturated heterocycles. The summed E-state index contributed by atoms with van der Waals surface area (Å²) >= 11 is 0. The monoisotopic (exact) mass is 224 g/mol. The van der Waals surface area contributed by atoms with E-state index in [2.05, 4.69) is 10.6 Å². The number of carbonyl (C=O) groups is 2. The van der Waals surface area contributed by atoms with Gasteiger partial charge >= 0.3 is 0 Å². The molecule has 86 valence electrons. The molecule has 0 aliphatic carbocycles. The number of likely N-dealkylation sites (N-methyl/N-ethyl adjacent to an activating group) is 1. The van der Waals surface area contributed by atoms with Gasteiger partial charge in [-0.15, -0.1) is 0 Å². The number of nitrogens with one attached hydrogen (secondary N) is 2. The second-order valence-corrected chi connectivity index (χ2v) is 3.29. The Kier molecular flexibility index (Phi) is 3.99. The van der Waals surface area contributed by atoms with Crippen LogP contribution < -0.4 is 10.6 Å². The van der Waals surface area contributed by atoms with E-state index in [1.54, 1.807) is 19.1 Å². The van der Waals surface area contributed by atoms with Gasteiger partial charge in [-0.3, -0.25) is 9.59 Å². The molecule has 16 heavy (non-hydrogen) atoms. The Morgan fingerprint density at radius 3 is 2.69 bits per heavy atom. The van der Waals surface area contributed by atoms with E-state index in [1.807, 2.05) is 0 Å². The van der Waals surface area contributed by atoms with E-state index in [0.717, 1.165) is 0 Å². The van der Waals surface area contributed by atoms with Crippen molar-refractivity contribution in [3.63, 3.8) is 0 Å². The van der Waals surface area contributed by atoms with Crippen molar-refractivity contribution >= 4 is 11.8 Å². The first-order chi connectivity index (χ1) is 7.56. The van der Waals surface area contributed by atoms with Crippen molar-refractivity contribution in [3.8, 4) is 0 Å². The third-order valence-corrected chi connectivity index (χ3v) is 2.12. The fraction of sp³-hybridized carbons (Fsp3) is 0.273. The number of aryl methyl sites for hydroxylation is 1. The Balaban J connectivity index is 2.74. The van der Waals surface area contributed by atoms with Crippen LogP contribution >= 0.6 is 0 Å². The topological polar surface area (TPSA) is 58.2 Å². The fourth-order valence-electron chi connectivity index (χ4n) is 1.17. The van der Waals surface area contributed by atoms with Gasteiger partial charge in [0.25, 0.3) is 5.91 Å². The van der Waals surface area contributed by atoms with E-state index in [0.29, 0.717) is 5.56 Å². The van der Waals surface area contributed by atoms with Gasteiger partial charge in [0.1, 0.15) is 5.82 Å². The highest BCUT2D eigenvalue weighted by Gasteiger charge is 2.13. The highest BCUT2D eigenvalue weighted by Crippen LogP contribution is 2.11. The molecule has 2 amide bonds. The number of carbonyl (C=O) groups excluding carboxylic acids is 2. The predicted octanol–water partition coefficient (Wildman–Crippen LogP) is 0.610. The molecule has 0 aliphatic rings. The summed E-state index contributed by atoms with van der Waals surface area (Å²) in [4.78, 5) is 22.4. The molecule has 1 rings (SSSR count). The van der Waals surface area contributed by atoms with Gasteiger partial charge in [0.05, 0.1) is 12.1 Å². The lowest BCUT2D eigenvalue weighted by atomic mass is 10.1.